The number of aromatic amines is 1. The van der Waals surface area contributed by atoms with Gasteiger partial charge in [-0.15, -0.1) is 0 Å². The van der Waals surface area contributed by atoms with Crippen molar-refractivity contribution in [2.45, 2.75) is 0 Å². The van der Waals surface area contributed by atoms with Gasteiger partial charge in [0.25, 0.3) is 0 Å². The highest BCUT2D eigenvalue weighted by molar-refractivity contribution is 6.10. The lowest BCUT2D eigenvalue weighted by Gasteiger charge is -2.07. The van der Waals surface area contributed by atoms with E-state index in [0.717, 1.165) is 22.3 Å². The third-order valence-corrected chi connectivity index (χ3v) is 3.55. The summed E-state index contributed by atoms with van der Waals surface area (Å²) in [7, 11) is 0. The van der Waals surface area contributed by atoms with Gasteiger partial charge in [-0.25, -0.2) is 0 Å². The number of hydrogen-bond donors (Lipinski definition) is 2. The van der Waals surface area contributed by atoms with Crippen LogP contribution in [0.4, 0.5) is 0 Å². The zero-order valence-corrected chi connectivity index (χ0v) is 10.8. The Bertz CT molecular complexity index is 882. The Morgan fingerprint density at radius 1 is 0.950 bits per heavy atom. The van der Waals surface area contributed by atoms with E-state index in [4.69, 9.17) is 0 Å². The van der Waals surface area contributed by atoms with E-state index >= 15 is 0 Å². The van der Waals surface area contributed by atoms with Crippen LogP contribution < -0.4 is 5.32 Å². The van der Waals surface area contributed by atoms with Crippen molar-refractivity contribution in [2.24, 2.45) is 0 Å². The largest absolute Gasteiger partial charge is 0.361 e. The molecule has 3 heterocycles. The second-order valence-corrected chi connectivity index (χ2v) is 4.74. The number of allylic oxidation sites excluding steroid dienone is 4. The fourth-order valence-corrected chi connectivity index (χ4v) is 2.62. The molecule has 0 unspecified atom stereocenters. The van der Waals surface area contributed by atoms with Crippen LogP contribution in [0.2, 0.25) is 0 Å². The van der Waals surface area contributed by atoms with Crippen molar-refractivity contribution in [2.75, 3.05) is 0 Å². The number of rotatable bonds is 1. The van der Waals surface area contributed by atoms with Crippen LogP contribution in [0.3, 0.4) is 0 Å². The van der Waals surface area contributed by atoms with Crippen LogP contribution in [0.15, 0.2) is 67.2 Å². The summed E-state index contributed by atoms with van der Waals surface area (Å²) in [4.78, 5) is 7.65. The topological polar surface area (TPSA) is 40.7 Å². The first-order valence-electron chi connectivity index (χ1n) is 6.58. The number of H-pyrrole nitrogens is 1. The minimum absolute atomic E-state index is 1.07. The summed E-state index contributed by atoms with van der Waals surface area (Å²) in [5.41, 5.74) is 4.45. The molecule has 3 aromatic rings. The van der Waals surface area contributed by atoms with E-state index in [9.17, 15) is 0 Å². The molecule has 0 amide bonds. The van der Waals surface area contributed by atoms with Gasteiger partial charge in [-0.2, -0.15) is 0 Å². The Kier molecular flexibility index (Phi) is 2.42. The predicted octanol–water partition coefficient (Wildman–Crippen LogP) is 3.73. The SMILES string of the molecule is C1=CC=C(c2cccc3c2[nH]c2cnccc23)NC=C1. The summed E-state index contributed by atoms with van der Waals surface area (Å²) in [6.45, 7) is 0. The van der Waals surface area contributed by atoms with Gasteiger partial charge >= 0.3 is 0 Å². The van der Waals surface area contributed by atoms with Gasteiger partial charge in [0.15, 0.2) is 0 Å². The maximum Gasteiger partial charge on any atom is 0.0651 e. The summed E-state index contributed by atoms with van der Waals surface area (Å²) in [5, 5.41) is 5.74. The van der Waals surface area contributed by atoms with Gasteiger partial charge < -0.3 is 10.3 Å². The van der Waals surface area contributed by atoms with Gasteiger partial charge in [-0.1, -0.05) is 30.4 Å². The van der Waals surface area contributed by atoms with Gasteiger partial charge in [0.1, 0.15) is 0 Å². The molecule has 1 aromatic carbocycles. The van der Waals surface area contributed by atoms with Crippen molar-refractivity contribution < 1.29 is 0 Å². The van der Waals surface area contributed by atoms with Crippen LogP contribution in [0.5, 0.6) is 0 Å². The summed E-state index contributed by atoms with van der Waals surface area (Å²) < 4.78 is 0. The quantitative estimate of drug-likeness (QED) is 0.699. The average Bonchev–Trinajstić information content (AvgIpc) is 2.68. The van der Waals surface area contributed by atoms with Crippen molar-refractivity contribution in [1.82, 2.24) is 15.3 Å². The van der Waals surface area contributed by atoms with Crippen LogP contribution >= 0.6 is 0 Å². The number of aromatic nitrogens is 2. The van der Waals surface area contributed by atoms with Crippen molar-refractivity contribution in [1.29, 1.82) is 0 Å². The summed E-state index contributed by atoms with van der Waals surface area (Å²) >= 11 is 0. The van der Waals surface area contributed by atoms with Crippen molar-refractivity contribution in [3.63, 3.8) is 0 Å². The lowest BCUT2D eigenvalue weighted by Crippen LogP contribution is -2.03. The standard InChI is InChI=1S/C17H13N3/c1-2-7-15(19-9-3-1)14-6-4-5-13-12-8-10-18-11-16(12)20-17(13)14/h1-11,19-20H. The van der Waals surface area contributed by atoms with Crippen molar-refractivity contribution in [3.8, 4) is 0 Å². The van der Waals surface area contributed by atoms with Crippen LogP contribution in [0.1, 0.15) is 5.56 Å². The Morgan fingerprint density at radius 3 is 2.95 bits per heavy atom. The van der Waals surface area contributed by atoms with Gasteiger partial charge in [0, 0.05) is 34.4 Å². The summed E-state index contributed by atoms with van der Waals surface area (Å²) in [6.07, 6.45) is 13.8. The zero-order chi connectivity index (χ0) is 13.4. The molecule has 0 bridgehead atoms. The first kappa shape index (κ1) is 11.1. The van der Waals surface area contributed by atoms with Crippen molar-refractivity contribution in [3.05, 3.63) is 72.7 Å². The Balaban J connectivity index is 2.03. The van der Waals surface area contributed by atoms with E-state index in [2.05, 4.69) is 39.6 Å². The third-order valence-electron chi connectivity index (χ3n) is 3.55. The van der Waals surface area contributed by atoms with Crippen molar-refractivity contribution >= 4 is 27.5 Å². The smallest absolute Gasteiger partial charge is 0.0651 e. The number of fused-ring (bicyclic) bond motifs is 3. The molecule has 96 valence electrons. The minimum Gasteiger partial charge on any atom is -0.361 e. The van der Waals surface area contributed by atoms with E-state index in [1.807, 2.05) is 42.9 Å². The fourth-order valence-electron chi connectivity index (χ4n) is 2.62. The third kappa shape index (κ3) is 1.64. The summed E-state index contributed by atoms with van der Waals surface area (Å²) in [5.74, 6) is 0. The second-order valence-electron chi connectivity index (χ2n) is 4.74. The molecule has 4 rings (SSSR count). The Morgan fingerprint density at radius 2 is 1.95 bits per heavy atom. The molecule has 0 aliphatic carbocycles. The molecule has 0 atom stereocenters. The lowest BCUT2D eigenvalue weighted by atomic mass is 10.1. The van der Waals surface area contributed by atoms with Crippen LogP contribution in [0, 0.1) is 0 Å². The first-order chi connectivity index (χ1) is 9.93. The second kappa shape index (κ2) is 4.38. The lowest BCUT2D eigenvalue weighted by molar-refractivity contribution is 1.22. The number of para-hydroxylation sites is 1. The van der Waals surface area contributed by atoms with Gasteiger partial charge in [0.2, 0.25) is 0 Å². The molecule has 2 N–H and O–H groups in total. The first-order valence-corrected chi connectivity index (χ1v) is 6.58. The van der Waals surface area contributed by atoms with E-state index in [1.165, 1.54) is 10.8 Å². The highest BCUT2D eigenvalue weighted by Gasteiger charge is 2.10. The Hall–Kier alpha value is -2.81. The van der Waals surface area contributed by atoms with E-state index in [0.29, 0.717) is 0 Å². The normalized spacial score (nSPS) is 14.3. The molecule has 1 aliphatic rings. The number of benzene rings is 1. The average molecular weight is 259 g/mol. The molecule has 2 aromatic heterocycles. The monoisotopic (exact) mass is 259 g/mol. The van der Waals surface area contributed by atoms with E-state index in [1.54, 1.807) is 0 Å². The van der Waals surface area contributed by atoms with Crippen LogP contribution in [0.25, 0.3) is 27.5 Å². The van der Waals surface area contributed by atoms with Crippen LogP contribution in [-0.2, 0) is 0 Å². The highest BCUT2D eigenvalue weighted by Crippen LogP contribution is 2.29. The molecular formula is C17H13N3. The minimum atomic E-state index is 1.07. The molecule has 3 heteroatoms. The molecule has 0 radical (unpaired) electrons. The van der Waals surface area contributed by atoms with Gasteiger partial charge in [0.05, 0.1) is 17.2 Å². The van der Waals surface area contributed by atoms with E-state index < -0.39 is 0 Å². The predicted molar refractivity (Wildman–Crippen MR) is 83.0 cm³/mol. The van der Waals surface area contributed by atoms with Gasteiger partial charge in [-0.05, 0) is 18.2 Å². The molecule has 0 saturated heterocycles. The number of nitrogens with one attached hydrogen (secondary N) is 2. The number of hydrogen-bond acceptors (Lipinski definition) is 2. The van der Waals surface area contributed by atoms with Crippen LogP contribution in [-0.4, -0.2) is 9.97 Å². The van der Waals surface area contributed by atoms with E-state index in [-0.39, 0.29) is 0 Å². The van der Waals surface area contributed by atoms with Gasteiger partial charge in [-0.3, -0.25) is 4.98 Å². The molecule has 0 saturated carbocycles. The molecular weight excluding hydrogens is 246 g/mol. The number of pyridine rings is 1. The molecule has 1 aliphatic heterocycles. The molecule has 0 fully saturated rings. The molecule has 0 spiro atoms. The highest BCUT2D eigenvalue weighted by atomic mass is 14.9. The maximum absolute atomic E-state index is 4.18. The number of nitrogens with zero attached hydrogens (tertiary/aromatic N) is 1. The summed E-state index contributed by atoms with van der Waals surface area (Å²) in [6, 6.07) is 8.40. The maximum atomic E-state index is 4.18. The molecule has 3 nitrogen and oxygen atoms in total. The molecule has 20 heavy (non-hydrogen) atoms. The Labute approximate surface area is 116 Å². The zero-order valence-electron chi connectivity index (χ0n) is 10.8. The fraction of sp³-hybridized carbons (Fsp3) is 0.